The fourth-order valence-electron chi connectivity index (χ4n) is 1.16. The standard InChI is InChI=1S/C12H10F2O3/c1-17-12(16)11-9(13)6-8(7-10(11)14)4-2-3-5-15/h6-7,15H,3,5H2,1H3. The van der Waals surface area contributed by atoms with Gasteiger partial charge >= 0.3 is 5.97 Å². The maximum atomic E-state index is 13.4. The molecule has 0 atom stereocenters. The van der Waals surface area contributed by atoms with Gasteiger partial charge in [0.05, 0.1) is 13.7 Å². The first kappa shape index (κ1) is 13.1. The molecular weight excluding hydrogens is 230 g/mol. The van der Waals surface area contributed by atoms with Crippen LogP contribution in [0.4, 0.5) is 8.78 Å². The first-order valence-electron chi connectivity index (χ1n) is 4.77. The highest BCUT2D eigenvalue weighted by Gasteiger charge is 2.18. The second kappa shape index (κ2) is 5.97. The van der Waals surface area contributed by atoms with Gasteiger partial charge in [0.2, 0.25) is 0 Å². The van der Waals surface area contributed by atoms with E-state index >= 15 is 0 Å². The quantitative estimate of drug-likeness (QED) is 0.629. The Morgan fingerprint density at radius 3 is 2.47 bits per heavy atom. The molecule has 3 nitrogen and oxygen atoms in total. The van der Waals surface area contributed by atoms with Crippen LogP contribution in [0.1, 0.15) is 22.3 Å². The Kier molecular flexibility index (Phi) is 4.61. The molecule has 0 radical (unpaired) electrons. The molecule has 0 fully saturated rings. The highest BCUT2D eigenvalue weighted by Crippen LogP contribution is 2.15. The summed E-state index contributed by atoms with van der Waals surface area (Å²) >= 11 is 0. The number of aliphatic hydroxyl groups excluding tert-OH is 1. The third-order valence-electron chi connectivity index (χ3n) is 1.90. The number of carbonyl (C=O) groups is 1. The zero-order valence-electron chi connectivity index (χ0n) is 9.09. The molecule has 0 saturated heterocycles. The summed E-state index contributed by atoms with van der Waals surface area (Å²) < 4.78 is 31.0. The number of hydrogen-bond donors (Lipinski definition) is 1. The van der Waals surface area contributed by atoms with Gasteiger partial charge in [0.1, 0.15) is 17.2 Å². The van der Waals surface area contributed by atoms with E-state index in [0.29, 0.717) is 0 Å². The molecule has 90 valence electrons. The minimum Gasteiger partial charge on any atom is -0.465 e. The molecule has 1 rings (SSSR count). The molecule has 17 heavy (non-hydrogen) atoms. The van der Waals surface area contributed by atoms with E-state index in [1.165, 1.54) is 0 Å². The van der Waals surface area contributed by atoms with Crippen molar-refractivity contribution in [2.45, 2.75) is 6.42 Å². The lowest BCUT2D eigenvalue weighted by atomic mass is 10.1. The summed E-state index contributed by atoms with van der Waals surface area (Å²) in [7, 11) is 1.04. The summed E-state index contributed by atoms with van der Waals surface area (Å²) in [6.45, 7) is -0.127. The molecule has 0 spiro atoms. The van der Waals surface area contributed by atoms with Gasteiger partial charge in [0, 0.05) is 12.0 Å². The van der Waals surface area contributed by atoms with Crippen molar-refractivity contribution in [3.63, 3.8) is 0 Å². The zero-order chi connectivity index (χ0) is 12.8. The van der Waals surface area contributed by atoms with Crippen molar-refractivity contribution in [1.29, 1.82) is 0 Å². The summed E-state index contributed by atoms with van der Waals surface area (Å²) in [5.41, 5.74) is -0.638. The van der Waals surface area contributed by atoms with E-state index in [0.717, 1.165) is 19.2 Å². The Morgan fingerprint density at radius 1 is 1.41 bits per heavy atom. The fourth-order valence-corrected chi connectivity index (χ4v) is 1.16. The van der Waals surface area contributed by atoms with Gasteiger partial charge < -0.3 is 9.84 Å². The Bertz CT molecular complexity index is 463. The van der Waals surface area contributed by atoms with Crippen molar-refractivity contribution in [2.75, 3.05) is 13.7 Å². The second-order valence-corrected chi connectivity index (χ2v) is 3.08. The van der Waals surface area contributed by atoms with Crippen LogP contribution in [0.5, 0.6) is 0 Å². The fraction of sp³-hybridized carbons (Fsp3) is 0.250. The van der Waals surface area contributed by atoms with Crippen molar-refractivity contribution in [3.05, 3.63) is 34.9 Å². The summed E-state index contributed by atoms with van der Waals surface area (Å²) in [5.74, 6) is 1.87. The normalized spacial score (nSPS) is 9.41. The predicted molar refractivity (Wildman–Crippen MR) is 56.3 cm³/mol. The average molecular weight is 240 g/mol. The van der Waals surface area contributed by atoms with Gasteiger partial charge in [0.15, 0.2) is 0 Å². The number of halogens is 2. The third-order valence-corrected chi connectivity index (χ3v) is 1.90. The minimum atomic E-state index is -1.07. The Labute approximate surface area is 97.0 Å². The zero-order valence-corrected chi connectivity index (χ0v) is 9.09. The van der Waals surface area contributed by atoms with Crippen LogP contribution in [0.3, 0.4) is 0 Å². The molecule has 0 heterocycles. The molecule has 0 aliphatic heterocycles. The van der Waals surface area contributed by atoms with Gasteiger partial charge in [-0.3, -0.25) is 0 Å². The average Bonchev–Trinajstić information content (AvgIpc) is 2.28. The number of carbonyl (C=O) groups excluding carboxylic acids is 1. The molecule has 0 unspecified atom stereocenters. The molecule has 5 heteroatoms. The van der Waals surface area contributed by atoms with Crippen molar-refractivity contribution < 1.29 is 23.4 Å². The second-order valence-electron chi connectivity index (χ2n) is 3.08. The van der Waals surface area contributed by atoms with Gasteiger partial charge in [0.25, 0.3) is 0 Å². The van der Waals surface area contributed by atoms with E-state index in [4.69, 9.17) is 5.11 Å². The van der Waals surface area contributed by atoms with E-state index in [2.05, 4.69) is 16.6 Å². The number of ether oxygens (including phenoxy) is 1. The molecule has 0 bridgehead atoms. The van der Waals surface area contributed by atoms with Crippen LogP contribution in [-0.4, -0.2) is 24.8 Å². The van der Waals surface area contributed by atoms with Crippen molar-refractivity contribution in [2.24, 2.45) is 0 Å². The Morgan fingerprint density at radius 2 is 2.00 bits per heavy atom. The highest BCUT2D eigenvalue weighted by atomic mass is 19.1. The van der Waals surface area contributed by atoms with Crippen molar-refractivity contribution in [1.82, 2.24) is 0 Å². The van der Waals surface area contributed by atoms with Crippen molar-refractivity contribution in [3.8, 4) is 11.8 Å². The van der Waals surface area contributed by atoms with Crippen LogP contribution in [-0.2, 0) is 4.74 Å². The number of aliphatic hydroxyl groups is 1. The van der Waals surface area contributed by atoms with Gasteiger partial charge in [-0.15, -0.1) is 0 Å². The molecule has 0 aliphatic carbocycles. The largest absolute Gasteiger partial charge is 0.465 e. The van der Waals surface area contributed by atoms with Gasteiger partial charge in [-0.2, -0.15) is 0 Å². The number of hydrogen-bond acceptors (Lipinski definition) is 3. The summed E-state index contributed by atoms with van der Waals surface area (Å²) in [6, 6.07) is 1.89. The van der Waals surface area contributed by atoms with E-state index in [-0.39, 0.29) is 18.6 Å². The van der Waals surface area contributed by atoms with Crippen LogP contribution in [0, 0.1) is 23.5 Å². The molecule has 0 saturated carbocycles. The van der Waals surface area contributed by atoms with Crippen LogP contribution < -0.4 is 0 Å². The minimum absolute atomic E-state index is 0.0982. The number of benzene rings is 1. The smallest absolute Gasteiger partial charge is 0.343 e. The van der Waals surface area contributed by atoms with E-state index in [1.807, 2.05) is 0 Å². The molecule has 0 aliphatic rings. The molecule has 1 aromatic carbocycles. The predicted octanol–water partition coefficient (Wildman–Crippen LogP) is 1.49. The Hall–Kier alpha value is -1.93. The number of rotatable bonds is 2. The van der Waals surface area contributed by atoms with Gasteiger partial charge in [-0.05, 0) is 12.1 Å². The van der Waals surface area contributed by atoms with Crippen LogP contribution in [0.25, 0.3) is 0 Å². The van der Waals surface area contributed by atoms with Gasteiger partial charge in [-0.1, -0.05) is 11.8 Å². The van der Waals surface area contributed by atoms with E-state index in [9.17, 15) is 13.6 Å². The molecule has 0 amide bonds. The lowest BCUT2D eigenvalue weighted by molar-refractivity contribution is 0.0590. The monoisotopic (exact) mass is 240 g/mol. The lowest BCUT2D eigenvalue weighted by Crippen LogP contribution is -2.08. The summed E-state index contributed by atoms with van der Waals surface area (Å²) in [5, 5.41) is 8.49. The van der Waals surface area contributed by atoms with Crippen LogP contribution in [0.2, 0.25) is 0 Å². The number of esters is 1. The van der Waals surface area contributed by atoms with E-state index < -0.39 is 23.2 Å². The maximum absolute atomic E-state index is 13.4. The summed E-state index contributed by atoms with van der Waals surface area (Å²) in [4.78, 5) is 11.1. The molecule has 0 aromatic heterocycles. The van der Waals surface area contributed by atoms with Gasteiger partial charge in [-0.25, -0.2) is 13.6 Å². The van der Waals surface area contributed by atoms with Crippen LogP contribution >= 0.6 is 0 Å². The topological polar surface area (TPSA) is 46.5 Å². The van der Waals surface area contributed by atoms with Crippen LogP contribution in [0.15, 0.2) is 12.1 Å². The molecule has 1 aromatic rings. The Balaban J connectivity index is 3.11. The SMILES string of the molecule is COC(=O)c1c(F)cc(C#CCCO)cc1F. The lowest BCUT2D eigenvalue weighted by Gasteiger charge is -2.03. The first-order valence-corrected chi connectivity index (χ1v) is 4.77. The third kappa shape index (κ3) is 3.26. The summed E-state index contributed by atoms with van der Waals surface area (Å²) in [6.07, 6.45) is 0.210. The molecular formula is C12H10F2O3. The first-order chi connectivity index (χ1) is 8.10. The van der Waals surface area contributed by atoms with Crippen molar-refractivity contribution >= 4 is 5.97 Å². The number of methoxy groups -OCH3 is 1. The van der Waals surface area contributed by atoms with E-state index in [1.54, 1.807) is 0 Å². The highest BCUT2D eigenvalue weighted by molar-refractivity contribution is 5.90. The molecule has 1 N–H and O–H groups in total. The maximum Gasteiger partial charge on any atom is 0.343 e.